The predicted molar refractivity (Wildman–Crippen MR) is 76.9 cm³/mol. The van der Waals surface area contributed by atoms with E-state index in [0.29, 0.717) is 13.0 Å². The third-order valence-corrected chi connectivity index (χ3v) is 5.29. The maximum Gasteiger partial charge on any atom is 0.235 e. The molecule has 0 saturated carbocycles. The van der Waals surface area contributed by atoms with E-state index in [-0.39, 0.29) is 23.5 Å². The topological polar surface area (TPSA) is 92.3 Å². The fraction of sp³-hybridized carbons (Fsp3) is 0.846. The van der Waals surface area contributed by atoms with Gasteiger partial charge in [-0.05, 0) is 26.7 Å². The zero-order chi connectivity index (χ0) is 15.4. The highest BCUT2D eigenvalue weighted by molar-refractivity contribution is 7.91. The molecule has 1 aliphatic rings. The minimum atomic E-state index is -3.04. The molecule has 7 heteroatoms. The van der Waals surface area contributed by atoms with Gasteiger partial charge in [-0.1, -0.05) is 13.3 Å². The Balaban J connectivity index is 2.54. The van der Waals surface area contributed by atoms with Crippen LogP contribution in [-0.4, -0.2) is 44.3 Å². The Bertz CT molecular complexity index is 471. The minimum Gasteiger partial charge on any atom is -0.355 e. The molecule has 116 valence electrons. The van der Waals surface area contributed by atoms with Crippen molar-refractivity contribution >= 4 is 21.7 Å². The summed E-state index contributed by atoms with van der Waals surface area (Å²) in [6.45, 7) is 5.66. The summed E-state index contributed by atoms with van der Waals surface area (Å²) in [4.78, 5) is 24.1. The highest BCUT2D eigenvalue weighted by atomic mass is 32.2. The van der Waals surface area contributed by atoms with Crippen molar-refractivity contribution in [2.24, 2.45) is 5.41 Å². The fourth-order valence-electron chi connectivity index (χ4n) is 1.98. The number of sulfone groups is 1. The Morgan fingerprint density at radius 2 is 1.90 bits per heavy atom. The van der Waals surface area contributed by atoms with Crippen LogP contribution in [0.25, 0.3) is 0 Å². The molecule has 1 saturated heterocycles. The first-order valence-corrected chi connectivity index (χ1v) is 8.81. The van der Waals surface area contributed by atoms with Crippen LogP contribution in [0, 0.1) is 5.41 Å². The van der Waals surface area contributed by atoms with Gasteiger partial charge >= 0.3 is 0 Å². The molecule has 1 rings (SSSR count). The van der Waals surface area contributed by atoms with Gasteiger partial charge in [-0.2, -0.15) is 0 Å². The number of unbranched alkanes of at least 4 members (excludes halogenated alkanes) is 1. The van der Waals surface area contributed by atoms with E-state index < -0.39 is 21.2 Å². The first-order valence-electron chi connectivity index (χ1n) is 6.98. The average Bonchev–Trinajstić information content (AvgIpc) is 2.68. The molecule has 1 atom stereocenters. The van der Waals surface area contributed by atoms with E-state index in [4.69, 9.17) is 0 Å². The lowest BCUT2D eigenvalue weighted by atomic mass is 9.90. The van der Waals surface area contributed by atoms with Crippen molar-refractivity contribution in [1.29, 1.82) is 0 Å². The van der Waals surface area contributed by atoms with E-state index in [9.17, 15) is 18.0 Å². The summed E-state index contributed by atoms with van der Waals surface area (Å²) in [7, 11) is -3.04. The van der Waals surface area contributed by atoms with Crippen LogP contribution < -0.4 is 10.6 Å². The average molecular weight is 304 g/mol. The molecule has 1 unspecified atom stereocenters. The van der Waals surface area contributed by atoms with Gasteiger partial charge in [0.15, 0.2) is 9.84 Å². The molecular formula is C13H24N2O4S. The fourth-order valence-corrected chi connectivity index (χ4v) is 3.65. The van der Waals surface area contributed by atoms with E-state index in [1.807, 2.05) is 6.92 Å². The lowest BCUT2D eigenvalue weighted by Crippen LogP contribution is -2.50. The van der Waals surface area contributed by atoms with Crippen molar-refractivity contribution in [3.05, 3.63) is 0 Å². The lowest BCUT2D eigenvalue weighted by Gasteiger charge is -2.24. The third kappa shape index (κ3) is 4.47. The summed E-state index contributed by atoms with van der Waals surface area (Å²) in [5.41, 5.74) is -1.19. The number of carbonyl (C=O) groups is 2. The molecule has 0 bridgehead atoms. The second-order valence-corrected chi connectivity index (χ2v) is 8.04. The van der Waals surface area contributed by atoms with E-state index in [2.05, 4.69) is 10.6 Å². The van der Waals surface area contributed by atoms with Crippen molar-refractivity contribution in [1.82, 2.24) is 10.6 Å². The third-order valence-electron chi connectivity index (χ3n) is 3.52. The van der Waals surface area contributed by atoms with Crippen LogP contribution >= 0.6 is 0 Å². The summed E-state index contributed by atoms with van der Waals surface area (Å²) in [5, 5.41) is 5.40. The standard InChI is InChI=1S/C13H24N2O4S/c1-4-5-7-14-11(16)13(2,3)12(17)15-10-6-8-20(18,19)9-10/h10H,4-9H2,1-3H3,(H,14,16)(H,15,17). The predicted octanol–water partition coefficient (Wildman–Crippen LogP) is 0.232. The summed E-state index contributed by atoms with van der Waals surface area (Å²) >= 11 is 0. The summed E-state index contributed by atoms with van der Waals surface area (Å²) < 4.78 is 22.7. The Kier molecular flexibility index (Phi) is 5.56. The van der Waals surface area contributed by atoms with Crippen LogP contribution in [0.3, 0.4) is 0 Å². The van der Waals surface area contributed by atoms with Crippen molar-refractivity contribution < 1.29 is 18.0 Å². The highest BCUT2D eigenvalue weighted by Crippen LogP contribution is 2.18. The summed E-state index contributed by atoms with van der Waals surface area (Å²) in [6, 6.07) is -0.379. The second kappa shape index (κ2) is 6.56. The van der Waals surface area contributed by atoms with Crippen LogP contribution in [0.15, 0.2) is 0 Å². The second-order valence-electron chi connectivity index (χ2n) is 5.81. The van der Waals surface area contributed by atoms with Gasteiger partial charge in [-0.25, -0.2) is 8.42 Å². The SMILES string of the molecule is CCCCNC(=O)C(C)(C)C(=O)NC1CCS(=O)(=O)C1. The van der Waals surface area contributed by atoms with Gasteiger partial charge in [0.25, 0.3) is 0 Å². The van der Waals surface area contributed by atoms with Crippen molar-refractivity contribution in [2.45, 2.75) is 46.1 Å². The molecule has 0 aromatic heterocycles. The van der Waals surface area contributed by atoms with E-state index in [0.717, 1.165) is 12.8 Å². The van der Waals surface area contributed by atoms with Gasteiger partial charge in [-0.3, -0.25) is 9.59 Å². The Labute approximate surface area is 120 Å². The molecule has 1 fully saturated rings. The number of nitrogens with one attached hydrogen (secondary N) is 2. The van der Waals surface area contributed by atoms with Crippen LogP contribution in [0.2, 0.25) is 0 Å². The number of carbonyl (C=O) groups excluding carboxylic acids is 2. The smallest absolute Gasteiger partial charge is 0.235 e. The minimum absolute atomic E-state index is 0.0354. The molecule has 1 heterocycles. The molecule has 20 heavy (non-hydrogen) atoms. The van der Waals surface area contributed by atoms with Crippen molar-refractivity contribution in [3.8, 4) is 0 Å². The maximum atomic E-state index is 12.1. The van der Waals surface area contributed by atoms with Gasteiger partial charge in [0.2, 0.25) is 11.8 Å². The van der Waals surface area contributed by atoms with E-state index in [1.165, 1.54) is 0 Å². The van der Waals surface area contributed by atoms with Gasteiger partial charge < -0.3 is 10.6 Å². The number of rotatable bonds is 6. The summed E-state index contributed by atoms with van der Waals surface area (Å²) in [6.07, 6.45) is 2.25. The molecule has 6 nitrogen and oxygen atoms in total. The zero-order valence-electron chi connectivity index (χ0n) is 12.4. The van der Waals surface area contributed by atoms with Gasteiger partial charge in [-0.15, -0.1) is 0 Å². The Morgan fingerprint density at radius 3 is 2.40 bits per heavy atom. The zero-order valence-corrected chi connectivity index (χ0v) is 13.2. The van der Waals surface area contributed by atoms with Crippen LogP contribution in [0.1, 0.15) is 40.0 Å². The van der Waals surface area contributed by atoms with Crippen LogP contribution in [-0.2, 0) is 19.4 Å². The molecule has 2 amide bonds. The lowest BCUT2D eigenvalue weighted by molar-refractivity contribution is -0.141. The van der Waals surface area contributed by atoms with Crippen molar-refractivity contribution in [3.63, 3.8) is 0 Å². The number of hydrogen-bond acceptors (Lipinski definition) is 4. The summed E-state index contributed by atoms with van der Waals surface area (Å²) in [5.74, 6) is -0.689. The van der Waals surface area contributed by atoms with E-state index in [1.54, 1.807) is 13.8 Å². The van der Waals surface area contributed by atoms with Crippen LogP contribution in [0.4, 0.5) is 0 Å². The molecule has 0 radical (unpaired) electrons. The quantitative estimate of drug-likeness (QED) is 0.543. The maximum absolute atomic E-state index is 12.1. The Morgan fingerprint density at radius 1 is 1.25 bits per heavy atom. The van der Waals surface area contributed by atoms with Crippen molar-refractivity contribution in [2.75, 3.05) is 18.1 Å². The first-order chi connectivity index (χ1) is 9.19. The van der Waals surface area contributed by atoms with E-state index >= 15 is 0 Å². The Hall–Kier alpha value is -1.11. The molecule has 0 aromatic rings. The largest absolute Gasteiger partial charge is 0.355 e. The van der Waals surface area contributed by atoms with Gasteiger partial charge in [0.1, 0.15) is 5.41 Å². The molecule has 0 aromatic carbocycles. The monoisotopic (exact) mass is 304 g/mol. The van der Waals surface area contributed by atoms with Gasteiger partial charge in [0.05, 0.1) is 11.5 Å². The molecule has 0 spiro atoms. The first kappa shape index (κ1) is 16.9. The molecular weight excluding hydrogens is 280 g/mol. The molecule has 1 aliphatic heterocycles. The molecule has 2 N–H and O–H groups in total. The number of hydrogen-bond donors (Lipinski definition) is 2. The normalized spacial score (nSPS) is 21.4. The van der Waals surface area contributed by atoms with Gasteiger partial charge in [0, 0.05) is 12.6 Å². The number of amides is 2. The highest BCUT2D eigenvalue weighted by Gasteiger charge is 2.38. The van der Waals surface area contributed by atoms with Crippen LogP contribution in [0.5, 0.6) is 0 Å². The molecule has 0 aliphatic carbocycles.